The van der Waals surface area contributed by atoms with E-state index in [4.69, 9.17) is 14.2 Å². The van der Waals surface area contributed by atoms with Crippen molar-refractivity contribution in [2.75, 3.05) is 32.9 Å². The van der Waals surface area contributed by atoms with Crippen molar-refractivity contribution in [1.82, 2.24) is 4.90 Å². The highest BCUT2D eigenvalue weighted by Gasteiger charge is 2.33. The maximum absolute atomic E-state index is 11.0. The summed E-state index contributed by atoms with van der Waals surface area (Å²) in [4.78, 5) is 12.9. The molecule has 1 aromatic carbocycles. The monoisotopic (exact) mass is 322 g/mol. The summed E-state index contributed by atoms with van der Waals surface area (Å²) in [6.45, 7) is 3.41. The van der Waals surface area contributed by atoms with Crippen molar-refractivity contribution in [1.29, 1.82) is 0 Å². The van der Waals surface area contributed by atoms with E-state index in [1.165, 1.54) is 12.5 Å². The second-order valence-corrected chi connectivity index (χ2v) is 5.78. The third-order valence-corrected chi connectivity index (χ3v) is 4.32. The molecule has 1 aromatic rings. The molecule has 0 aromatic heterocycles. The summed E-state index contributed by atoms with van der Waals surface area (Å²) in [5.41, 5.74) is 0.00477. The number of nitrogens with zero attached hydrogens (tertiary/aromatic N) is 2. The Bertz CT molecular complexity index is 533. The molecule has 0 spiro atoms. The van der Waals surface area contributed by atoms with Crippen LogP contribution in [-0.4, -0.2) is 55.1 Å². The Morgan fingerprint density at radius 1 is 1.26 bits per heavy atom. The van der Waals surface area contributed by atoms with Gasteiger partial charge in [-0.25, -0.2) is 0 Å². The van der Waals surface area contributed by atoms with Gasteiger partial charge in [0.2, 0.25) is 0 Å². The molecule has 2 aliphatic heterocycles. The van der Waals surface area contributed by atoms with Gasteiger partial charge in [-0.15, -0.1) is 0 Å². The van der Waals surface area contributed by atoms with E-state index in [1.807, 2.05) is 0 Å². The summed E-state index contributed by atoms with van der Waals surface area (Å²) >= 11 is 0. The molecule has 2 saturated heterocycles. The van der Waals surface area contributed by atoms with E-state index in [9.17, 15) is 10.1 Å². The Kier molecular flexibility index (Phi) is 5.43. The van der Waals surface area contributed by atoms with E-state index in [0.29, 0.717) is 32.1 Å². The van der Waals surface area contributed by atoms with Gasteiger partial charge in [0, 0.05) is 12.6 Å². The van der Waals surface area contributed by atoms with Gasteiger partial charge in [-0.1, -0.05) is 18.6 Å². The standard InChI is InChI=1S/C16H22N2O5/c19-18(20)13-5-1-2-7-15(13)21-10-9-17-8-4-3-6-14(17)16-22-11-12-23-16/h1-2,5,7,14,16H,3-4,6,8-12H2. The van der Waals surface area contributed by atoms with Gasteiger partial charge in [0.1, 0.15) is 6.61 Å². The fraction of sp³-hybridized carbons (Fsp3) is 0.625. The predicted molar refractivity (Wildman–Crippen MR) is 83.5 cm³/mol. The Morgan fingerprint density at radius 3 is 2.83 bits per heavy atom. The molecule has 126 valence electrons. The van der Waals surface area contributed by atoms with Crippen LogP contribution in [0.1, 0.15) is 19.3 Å². The Balaban J connectivity index is 1.55. The highest BCUT2D eigenvalue weighted by Crippen LogP contribution is 2.27. The minimum absolute atomic E-state index is 0.00477. The van der Waals surface area contributed by atoms with E-state index in [1.54, 1.807) is 18.2 Å². The van der Waals surface area contributed by atoms with Crippen molar-refractivity contribution in [2.45, 2.75) is 31.6 Å². The second kappa shape index (κ2) is 7.72. The second-order valence-electron chi connectivity index (χ2n) is 5.78. The summed E-state index contributed by atoms with van der Waals surface area (Å²) in [6.07, 6.45) is 3.22. The SMILES string of the molecule is O=[N+]([O-])c1ccccc1OCCN1CCCCC1C1OCCO1. The largest absolute Gasteiger partial charge is 0.485 e. The van der Waals surface area contributed by atoms with Crippen molar-refractivity contribution < 1.29 is 19.1 Å². The molecule has 3 rings (SSSR count). The first-order valence-electron chi connectivity index (χ1n) is 8.09. The van der Waals surface area contributed by atoms with E-state index >= 15 is 0 Å². The topological polar surface area (TPSA) is 74.1 Å². The number of hydrogen-bond acceptors (Lipinski definition) is 6. The van der Waals surface area contributed by atoms with E-state index < -0.39 is 4.92 Å². The molecule has 23 heavy (non-hydrogen) atoms. The van der Waals surface area contributed by atoms with Gasteiger partial charge in [-0.2, -0.15) is 0 Å². The summed E-state index contributed by atoms with van der Waals surface area (Å²) < 4.78 is 16.9. The Labute approximate surface area is 135 Å². The van der Waals surface area contributed by atoms with Crippen molar-refractivity contribution in [2.24, 2.45) is 0 Å². The quantitative estimate of drug-likeness (QED) is 0.590. The molecule has 0 aliphatic carbocycles. The number of hydrogen-bond donors (Lipinski definition) is 0. The maximum atomic E-state index is 11.0. The first kappa shape index (κ1) is 16.2. The van der Waals surface area contributed by atoms with Crippen molar-refractivity contribution in [3.8, 4) is 5.75 Å². The molecule has 7 heteroatoms. The zero-order chi connectivity index (χ0) is 16.1. The summed E-state index contributed by atoms with van der Waals surface area (Å²) in [7, 11) is 0. The minimum Gasteiger partial charge on any atom is -0.485 e. The van der Waals surface area contributed by atoms with Crippen molar-refractivity contribution in [3.05, 3.63) is 34.4 Å². The van der Waals surface area contributed by atoms with Crippen LogP contribution in [0.4, 0.5) is 5.69 Å². The summed E-state index contributed by atoms with van der Waals surface area (Å²) in [6, 6.07) is 6.72. The molecular weight excluding hydrogens is 300 g/mol. The van der Waals surface area contributed by atoms with Gasteiger partial charge in [-0.05, 0) is 25.5 Å². The molecule has 2 fully saturated rings. The number of ether oxygens (including phenoxy) is 3. The average Bonchev–Trinajstić information content (AvgIpc) is 3.10. The van der Waals surface area contributed by atoms with Crippen LogP contribution in [0.25, 0.3) is 0 Å². The number of likely N-dealkylation sites (tertiary alicyclic amines) is 1. The number of para-hydroxylation sites is 2. The number of nitro benzene ring substituents is 1. The summed E-state index contributed by atoms with van der Waals surface area (Å²) in [5.74, 6) is 0.319. The van der Waals surface area contributed by atoms with Gasteiger partial charge in [-0.3, -0.25) is 15.0 Å². The van der Waals surface area contributed by atoms with Gasteiger partial charge in [0.05, 0.1) is 24.2 Å². The van der Waals surface area contributed by atoms with Crippen LogP contribution < -0.4 is 4.74 Å². The van der Waals surface area contributed by atoms with Crippen LogP contribution in [0.2, 0.25) is 0 Å². The van der Waals surface area contributed by atoms with Crippen LogP contribution in [-0.2, 0) is 9.47 Å². The highest BCUT2D eigenvalue weighted by atomic mass is 16.7. The first-order valence-corrected chi connectivity index (χ1v) is 8.09. The number of benzene rings is 1. The third kappa shape index (κ3) is 3.99. The minimum atomic E-state index is -0.417. The maximum Gasteiger partial charge on any atom is 0.310 e. The molecule has 2 aliphatic rings. The fourth-order valence-corrected chi connectivity index (χ4v) is 3.20. The van der Waals surface area contributed by atoms with Crippen LogP contribution in [0.15, 0.2) is 24.3 Å². The summed E-state index contributed by atoms with van der Waals surface area (Å²) in [5, 5.41) is 11.0. The molecule has 2 heterocycles. The molecule has 0 radical (unpaired) electrons. The van der Waals surface area contributed by atoms with E-state index in [2.05, 4.69) is 4.90 Å². The van der Waals surface area contributed by atoms with Crippen LogP contribution in [0.3, 0.4) is 0 Å². The first-order chi connectivity index (χ1) is 11.3. The molecule has 0 N–H and O–H groups in total. The molecule has 1 atom stereocenters. The van der Waals surface area contributed by atoms with Crippen LogP contribution >= 0.6 is 0 Å². The molecule has 0 amide bonds. The zero-order valence-corrected chi connectivity index (χ0v) is 13.1. The normalized spacial score (nSPS) is 23.0. The Hall–Kier alpha value is -1.70. The predicted octanol–water partition coefficient (Wildman–Crippen LogP) is 2.20. The van der Waals surface area contributed by atoms with Gasteiger partial charge in [0.25, 0.3) is 0 Å². The van der Waals surface area contributed by atoms with E-state index in [-0.39, 0.29) is 18.0 Å². The van der Waals surface area contributed by atoms with Gasteiger partial charge in [0.15, 0.2) is 12.0 Å². The highest BCUT2D eigenvalue weighted by molar-refractivity contribution is 5.45. The third-order valence-electron chi connectivity index (χ3n) is 4.32. The lowest BCUT2D eigenvalue weighted by atomic mass is 10.0. The molecule has 0 saturated carbocycles. The lowest BCUT2D eigenvalue weighted by Crippen LogP contribution is -2.48. The lowest BCUT2D eigenvalue weighted by molar-refractivity contribution is -0.385. The molecule has 1 unspecified atom stereocenters. The fourth-order valence-electron chi connectivity index (χ4n) is 3.20. The molecule has 0 bridgehead atoms. The lowest BCUT2D eigenvalue weighted by Gasteiger charge is -2.37. The van der Waals surface area contributed by atoms with Gasteiger partial charge >= 0.3 is 5.69 Å². The van der Waals surface area contributed by atoms with E-state index in [0.717, 1.165) is 19.4 Å². The number of nitro groups is 1. The molecule has 7 nitrogen and oxygen atoms in total. The Morgan fingerprint density at radius 2 is 2.04 bits per heavy atom. The van der Waals surface area contributed by atoms with Crippen LogP contribution in [0, 0.1) is 10.1 Å². The van der Waals surface area contributed by atoms with Gasteiger partial charge < -0.3 is 14.2 Å². The smallest absolute Gasteiger partial charge is 0.310 e. The van der Waals surface area contributed by atoms with Crippen molar-refractivity contribution >= 4 is 5.69 Å². The average molecular weight is 322 g/mol. The van der Waals surface area contributed by atoms with Crippen LogP contribution in [0.5, 0.6) is 5.75 Å². The zero-order valence-electron chi connectivity index (χ0n) is 13.1. The molecular formula is C16H22N2O5. The number of piperidine rings is 1. The number of rotatable bonds is 6. The van der Waals surface area contributed by atoms with Crippen molar-refractivity contribution in [3.63, 3.8) is 0 Å².